The maximum absolute atomic E-state index is 12.6. The first-order valence-corrected chi connectivity index (χ1v) is 12.5. The summed E-state index contributed by atoms with van der Waals surface area (Å²) in [7, 11) is 0. The van der Waals surface area contributed by atoms with E-state index in [1.54, 1.807) is 23.1 Å². The fourth-order valence-electron chi connectivity index (χ4n) is 3.63. The van der Waals surface area contributed by atoms with Gasteiger partial charge in [-0.2, -0.15) is 0 Å². The van der Waals surface area contributed by atoms with Gasteiger partial charge >= 0.3 is 0 Å². The second-order valence-corrected chi connectivity index (χ2v) is 7.10. The van der Waals surface area contributed by atoms with Crippen LogP contribution in [0.5, 0.6) is 5.75 Å². The van der Waals surface area contributed by atoms with Crippen LogP contribution in [0, 0.1) is 0 Å². The third kappa shape index (κ3) is 9.64. The fourth-order valence-corrected chi connectivity index (χ4v) is 3.63. The largest absolute Gasteiger partial charge is 0.508 e. The van der Waals surface area contributed by atoms with Crippen LogP contribution >= 0.6 is 12.4 Å². The van der Waals surface area contributed by atoms with Gasteiger partial charge in [-0.15, -0.1) is 12.4 Å². The van der Waals surface area contributed by atoms with Crippen LogP contribution in [0.4, 0.5) is 5.69 Å². The number of phenols is 1. The highest BCUT2D eigenvalue weighted by molar-refractivity contribution is 5.96. The Morgan fingerprint density at radius 2 is 1.58 bits per heavy atom. The summed E-state index contributed by atoms with van der Waals surface area (Å²) in [5.74, 6) is 0.196. The van der Waals surface area contributed by atoms with E-state index in [1.807, 2.05) is 76.8 Å². The molecule has 8 heteroatoms. The van der Waals surface area contributed by atoms with E-state index < -0.39 is 0 Å². The van der Waals surface area contributed by atoms with Crippen molar-refractivity contribution in [1.82, 2.24) is 10.2 Å². The second-order valence-electron chi connectivity index (χ2n) is 7.10. The van der Waals surface area contributed by atoms with Gasteiger partial charge in [0, 0.05) is 30.9 Å². The maximum Gasteiger partial charge on any atom is 0.254 e. The number of aromatic hydroxyl groups is 1. The highest BCUT2D eigenvalue weighted by atomic mass is 35.5. The Labute approximate surface area is 222 Å². The van der Waals surface area contributed by atoms with E-state index >= 15 is 0 Å². The molecule has 2 aliphatic heterocycles. The lowest BCUT2D eigenvalue weighted by Gasteiger charge is -2.24. The molecule has 36 heavy (non-hydrogen) atoms. The van der Waals surface area contributed by atoms with Gasteiger partial charge in [0.2, 0.25) is 5.91 Å². The summed E-state index contributed by atoms with van der Waals surface area (Å²) in [5.41, 5.74) is 3.29. The summed E-state index contributed by atoms with van der Waals surface area (Å²) in [6, 6.07) is 12.5. The maximum atomic E-state index is 12.6. The molecule has 4 rings (SSSR count). The number of fused-ring (bicyclic) bond motifs is 1. The number of benzene rings is 2. The molecule has 0 saturated heterocycles. The predicted molar refractivity (Wildman–Crippen MR) is 152 cm³/mol. The molecule has 0 saturated carbocycles. The number of amides is 2. The SMILES string of the molecule is CC.CC.CC.Cl.O.O=C(c1ccc(CN2C(=O)CNCc3cc(O)ccc32)cc1)N1CC=CCC1. The Kier molecular flexibility index (Phi) is 19.0. The zero-order valence-electron chi connectivity index (χ0n) is 22.5. The topological polar surface area (TPSA) is 104 Å². The summed E-state index contributed by atoms with van der Waals surface area (Å²) in [5, 5.41) is 12.8. The van der Waals surface area contributed by atoms with E-state index in [1.165, 1.54) is 0 Å². The van der Waals surface area contributed by atoms with E-state index in [9.17, 15) is 14.7 Å². The van der Waals surface area contributed by atoms with E-state index in [0.29, 0.717) is 25.2 Å². The van der Waals surface area contributed by atoms with E-state index in [2.05, 4.69) is 11.4 Å². The standard InChI is InChI=1S/C22H23N3O3.3C2H6.ClH.H2O/c26-19-8-9-20-18(12-19)13-23-14-21(27)25(20)15-16-4-6-17(7-5-16)22(28)24-10-2-1-3-11-24;3*1-2;;/h1-2,4-9,12,23,26H,3,10-11,13-15H2;3*1-2H3;1H;1H2. The Balaban J connectivity index is 0. The van der Waals surface area contributed by atoms with E-state index in [0.717, 1.165) is 29.8 Å². The van der Waals surface area contributed by atoms with Crippen LogP contribution in [0.15, 0.2) is 54.6 Å². The zero-order valence-corrected chi connectivity index (χ0v) is 23.3. The highest BCUT2D eigenvalue weighted by Gasteiger charge is 2.23. The zero-order chi connectivity index (χ0) is 25.5. The molecule has 4 N–H and O–H groups in total. The Bertz CT molecular complexity index is 933. The molecule has 0 bridgehead atoms. The number of phenolic OH excluding ortho intramolecular Hbond substituents is 1. The molecule has 0 aliphatic carbocycles. The van der Waals surface area contributed by atoms with Gasteiger partial charge in [-0.05, 0) is 47.9 Å². The quantitative estimate of drug-likeness (QED) is 0.548. The van der Waals surface area contributed by atoms with Crippen LogP contribution in [0.2, 0.25) is 0 Å². The van der Waals surface area contributed by atoms with E-state index in [4.69, 9.17) is 0 Å². The van der Waals surface area contributed by atoms with Crippen LogP contribution in [0.3, 0.4) is 0 Å². The molecule has 2 aromatic rings. The number of carbonyl (C=O) groups excluding carboxylic acids is 2. The molecule has 0 unspecified atom stereocenters. The van der Waals surface area contributed by atoms with Gasteiger partial charge < -0.3 is 25.7 Å². The number of anilines is 1. The fraction of sp³-hybridized carbons (Fsp3) is 0.429. The van der Waals surface area contributed by atoms with Crippen LogP contribution in [-0.2, 0) is 17.9 Å². The Hall–Kier alpha value is -2.87. The van der Waals surface area contributed by atoms with Gasteiger partial charge in [0.25, 0.3) is 5.91 Å². The summed E-state index contributed by atoms with van der Waals surface area (Å²) >= 11 is 0. The van der Waals surface area contributed by atoms with Crippen LogP contribution in [-0.4, -0.2) is 46.9 Å². The molecule has 0 fully saturated rings. The summed E-state index contributed by atoms with van der Waals surface area (Å²) < 4.78 is 0. The van der Waals surface area contributed by atoms with Crippen molar-refractivity contribution < 1.29 is 20.2 Å². The molecule has 2 amide bonds. The molecule has 0 aromatic heterocycles. The van der Waals surface area contributed by atoms with Gasteiger partial charge in [-0.3, -0.25) is 9.59 Å². The summed E-state index contributed by atoms with van der Waals surface area (Å²) in [6.07, 6.45) is 5.01. The molecule has 0 radical (unpaired) electrons. The van der Waals surface area contributed by atoms with Crippen LogP contribution in [0.1, 0.15) is 69.4 Å². The first-order chi connectivity index (χ1) is 16.6. The van der Waals surface area contributed by atoms with E-state index in [-0.39, 0.29) is 42.0 Å². The van der Waals surface area contributed by atoms with Gasteiger partial charge in [-0.25, -0.2) is 0 Å². The second kappa shape index (κ2) is 19.3. The average Bonchev–Trinajstić information content (AvgIpc) is 3.06. The van der Waals surface area contributed by atoms with Crippen molar-refractivity contribution in [2.75, 3.05) is 24.5 Å². The van der Waals surface area contributed by atoms with Crippen molar-refractivity contribution in [2.24, 2.45) is 0 Å². The molecule has 2 aromatic carbocycles. The van der Waals surface area contributed by atoms with Crippen molar-refractivity contribution >= 4 is 29.9 Å². The van der Waals surface area contributed by atoms with Crippen molar-refractivity contribution in [3.8, 4) is 5.75 Å². The monoisotopic (exact) mass is 521 g/mol. The minimum absolute atomic E-state index is 0. The Morgan fingerprint density at radius 3 is 2.17 bits per heavy atom. The van der Waals surface area contributed by atoms with Crippen LogP contribution < -0.4 is 10.2 Å². The van der Waals surface area contributed by atoms with Gasteiger partial charge in [0.15, 0.2) is 0 Å². The number of halogens is 1. The number of rotatable bonds is 3. The highest BCUT2D eigenvalue weighted by Crippen LogP contribution is 2.28. The predicted octanol–water partition coefficient (Wildman–Crippen LogP) is 5.11. The first-order valence-electron chi connectivity index (χ1n) is 12.5. The van der Waals surface area contributed by atoms with Gasteiger partial charge in [0.05, 0.1) is 13.1 Å². The van der Waals surface area contributed by atoms with Crippen molar-refractivity contribution in [1.29, 1.82) is 0 Å². The minimum Gasteiger partial charge on any atom is -0.508 e. The summed E-state index contributed by atoms with van der Waals surface area (Å²) in [4.78, 5) is 28.7. The first kappa shape index (κ1) is 35.3. The number of nitrogens with one attached hydrogen (secondary N) is 1. The Morgan fingerprint density at radius 1 is 0.944 bits per heavy atom. The third-order valence-corrected chi connectivity index (χ3v) is 5.13. The number of nitrogens with zero attached hydrogens (tertiary/aromatic N) is 2. The minimum atomic E-state index is -0.0234. The molecule has 2 aliphatic rings. The normalized spacial score (nSPS) is 13.4. The smallest absolute Gasteiger partial charge is 0.254 e. The number of hydrogen-bond donors (Lipinski definition) is 2. The van der Waals surface area contributed by atoms with Gasteiger partial charge in [0.1, 0.15) is 5.75 Å². The molecule has 0 atom stereocenters. The van der Waals surface area contributed by atoms with Crippen molar-refractivity contribution in [2.45, 2.75) is 61.1 Å². The van der Waals surface area contributed by atoms with Crippen LogP contribution in [0.25, 0.3) is 0 Å². The van der Waals surface area contributed by atoms with Crippen molar-refractivity contribution in [3.63, 3.8) is 0 Å². The average molecular weight is 522 g/mol. The lowest BCUT2D eigenvalue weighted by atomic mass is 10.1. The lowest BCUT2D eigenvalue weighted by molar-refractivity contribution is -0.117. The lowest BCUT2D eigenvalue weighted by Crippen LogP contribution is -2.35. The molecule has 2 heterocycles. The number of carbonyl (C=O) groups is 2. The third-order valence-electron chi connectivity index (χ3n) is 5.13. The number of hydrogen-bond acceptors (Lipinski definition) is 4. The molecular weight excluding hydrogens is 478 g/mol. The molecule has 202 valence electrons. The van der Waals surface area contributed by atoms with Gasteiger partial charge in [-0.1, -0.05) is 65.8 Å². The molecule has 0 spiro atoms. The van der Waals surface area contributed by atoms with Crippen molar-refractivity contribution in [3.05, 3.63) is 71.3 Å². The molecule has 7 nitrogen and oxygen atoms in total. The molecular formula is C28H44ClN3O4. The summed E-state index contributed by atoms with van der Waals surface area (Å²) in [6.45, 7) is 14.6.